The first-order valence-corrected chi connectivity index (χ1v) is 12.6. The topological polar surface area (TPSA) is 54.5 Å². The van der Waals surface area contributed by atoms with Gasteiger partial charge in [-0.2, -0.15) is 0 Å². The number of fused-ring (bicyclic) bond motifs is 5. The molecule has 3 fully saturated rings. The highest BCUT2D eigenvalue weighted by Crippen LogP contribution is 2.92. The van der Waals surface area contributed by atoms with E-state index < -0.39 is 10.0 Å². The summed E-state index contributed by atoms with van der Waals surface area (Å²) in [7, 11) is -1.68. The Kier molecular flexibility index (Phi) is 3.71. The largest absolute Gasteiger partial charge is 0.294 e. The van der Waals surface area contributed by atoms with Crippen molar-refractivity contribution in [2.75, 3.05) is 11.4 Å². The molecule has 1 spiro atoms. The number of rotatable bonds is 6. The lowest BCUT2D eigenvalue weighted by molar-refractivity contribution is 0.0958. The van der Waals surface area contributed by atoms with Crippen LogP contribution in [0.3, 0.4) is 0 Å². The maximum atomic E-state index is 13.1. The van der Waals surface area contributed by atoms with Crippen LogP contribution in [-0.2, 0) is 21.9 Å². The fourth-order valence-corrected chi connectivity index (χ4v) is 7.97. The Morgan fingerprint density at radius 1 is 1.17 bits per heavy atom. The van der Waals surface area contributed by atoms with Gasteiger partial charge in [-0.3, -0.25) is 9.10 Å². The van der Waals surface area contributed by atoms with Crippen molar-refractivity contribution in [3.05, 3.63) is 64.2 Å². The van der Waals surface area contributed by atoms with Gasteiger partial charge in [0, 0.05) is 29.5 Å². The van der Waals surface area contributed by atoms with E-state index in [1.165, 1.54) is 15.4 Å². The van der Waals surface area contributed by atoms with Gasteiger partial charge in [-0.25, -0.2) is 8.42 Å². The summed E-state index contributed by atoms with van der Waals surface area (Å²) in [5, 5.41) is 0.545. The molecule has 4 aliphatic carbocycles. The van der Waals surface area contributed by atoms with Crippen LogP contribution in [-0.4, -0.2) is 26.5 Å². The summed E-state index contributed by atoms with van der Waals surface area (Å²) in [5.41, 5.74) is 4.39. The molecule has 0 amide bonds. The maximum Gasteiger partial charge on any atom is 0.237 e. The Labute approximate surface area is 182 Å². The molecule has 0 aliphatic heterocycles. The normalized spacial score (nSPS) is 30.7. The zero-order valence-corrected chi connectivity index (χ0v) is 18.5. The Balaban J connectivity index is 1.19. The van der Waals surface area contributed by atoms with Gasteiger partial charge >= 0.3 is 0 Å². The first kappa shape index (κ1) is 18.9. The molecule has 0 heterocycles. The van der Waals surface area contributed by atoms with Crippen molar-refractivity contribution in [3.63, 3.8) is 0 Å². The second kappa shape index (κ2) is 5.89. The van der Waals surface area contributed by atoms with Crippen molar-refractivity contribution < 1.29 is 13.2 Å². The summed E-state index contributed by atoms with van der Waals surface area (Å²) < 4.78 is 26.2. The molecule has 156 valence electrons. The predicted molar refractivity (Wildman–Crippen MR) is 118 cm³/mol. The summed E-state index contributed by atoms with van der Waals surface area (Å²) >= 11 is 6.17. The van der Waals surface area contributed by atoms with Crippen LogP contribution in [0, 0.1) is 11.3 Å². The number of hydrogen-bond donors (Lipinski definition) is 0. The minimum Gasteiger partial charge on any atom is -0.294 e. The minimum absolute atomic E-state index is 0.133. The van der Waals surface area contributed by atoms with Crippen molar-refractivity contribution in [2.24, 2.45) is 11.3 Å². The van der Waals surface area contributed by atoms with Gasteiger partial charge in [0.05, 0.1) is 10.9 Å². The van der Waals surface area contributed by atoms with Crippen molar-refractivity contribution in [2.45, 2.75) is 49.2 Å². The minimum atomic E-state index is -3.27. The van der Waals surface area contributed by atoms with Crippen LogP contribution >= 0.6 is 11.6 Å². The van der Waals surface area contributed by atoms with Crippen LogP contribution in [0.4, 0.5) is 5.69 Å². The SMILES string of the molecule is CN(c1ccc(C(=O)CC23CC2C32CCc3cc(Cl)ccc32)cc1)S(=O)(=O)C1CC1. The molecular formula is C24H24ClNO3S. The van der Waals surface area contributed by atoms with E-state index in [-0.39, 0.29) is 21.9 Å². The molecule has 4 nitrogen and oxygen atoms in total. The number of anilines is 1. The molecule has 2 aromatic rings. The number of benzene rings is 2. The number of sulfonamides is 1. The Bertz CT molecular complexity index is 1190. The highest BCUT2D eigenvalue weighted by molar-refractivity contribution is 7.93. The van der Waals surface area contributed by atoms with E-state index in [4.69, 9.17) is 11.6 Å². The Morgan fingerprint density at radius 2 is 1.90 bits per heavy atom. The van der Waals surface area contributed by atoms with Gasteiger partial charge < -0.3 is 0 Å². The maximum absolute atomic E-state index is 13.1. The Morgan fingerprint density at radius 3 is 2.57 bits per heavy atom. The molecule has 0 N–H and O–H groups in total. The number of halogens is 1. The predicted octanol–water partition coefficient (Wildman–Crippen LogP) is 4.75. The van der Waals surface area contributed by atoms with Gasteiger partial charge in [0.1, 0.15) is 0 Å². The summed E-state index contributed by atoms with van der Waals surface area (Å²) in [6, 6.07) is 13.3. The van der Waals surface area contributed by atoms with E-state index >= 15 is 0 Å². The molecule has 3 saturated carbocycles. The van der Waals surface area contributed by atoms with Crippen molar-refractivity contribution in [1.29, 1.82) is 0 Å². The first-order chi connectivity index (χ1) is 14.3. The highest BCUT2D eigenvalue weighted by Gasteiger charge is 2.89. The number of ketones is 1. The third-order valence-corrected chi connectivity index (χ3v) is 10.7. The molecular weight excluding hydrogens is 418 g/mol. The highest BCUT2D eigenvalue weighted by atomic mass is 35.5. The summed E-state index contributed by atoms with van der Waals surface area (Å²) in [6.45, 7) is 0. The molecule has 6 rings (SSSR count). The second-order valence-corrected chi connectivity index (χ2v) is 12.2. The quantitative estimate of drug-likeness (QED) is 0.608. The van der Waals surface area contributed by atoms with Crippen molar-refractivity contribution in [3.8, 4) is 0 Å². The zero-order valence-electron chi connectivity index (χ0n) is 16.9. The third kappa shape index (κ3) is 2.39. The van der Waals surface area contributed by atoms with E-state index in [9.17, 15) is 13.2 Å². The molecule has 2 aromatic carbocycles. The number of carbonyl (C=O) groups excluding carboxylic acids is 1. The fraction of sp³-hybridized carbons (Fsp3) is 0.458. The van der Waals surface area contributed by atoms with E-state index in [1.54, 1.807) is 31.3 Å². The van der Waals surface area contributed by atoms with Crippen LogP contribution < -0.4 is 4.31 Å². The lowest BCUT2D eigenvalue weighted by Gasteiger charge is -2.23. The molecule has 4 aliphatic rings. The van der Waals surface area contributed by atoms with Crippen molar-refractivity contribution in [1.82, 2.24) is 0 Å². The second-order valence-electron chi connectivity index (χ2n) is 9.54. The van der Waals surface area contributed by atoms with Crippen LogP contribution in [0.5, 0.6) is 0 Å². The van der Waals surface area contributed by atoms with Gasteiger partial charge in [-0.1, -0.05) is 17.7 Å². The number of Topliss-reactive ketones (excluding diaryl/α,β-unsaturated/α-hetero) is 1. The van der Waals surface area contributed by atoms with Crippen LogP contribution in [0.2, 0.25) is 5.02 Å². The van der Waals surface area contributed by atoms with E-state index in [0.717, 1.165) is 37.1 Å². The average Bonchev–Trinajstić information content (AvgIpc) is 3.66. The number of nitrogens with zero attached hydrogens (tertiary/aromatic N) is 1. The third-order valence-electron chi connectivity index (χ3n) is 8.17. The van der Waals surface area contributed by atoms with Gasteiger partial charge in [-0.15, -0.1) is 0 Å². The number of aryl methyl sites for hydroxylation is 1. The average molecular weight is 442 g/mol. The number of hydrogen-bond acceptors (Lipinski definition) is 3. The van der Waals surface area contributed by atoms with Crippen LogP contribution in [0.1, 0.15) is 53.6 Å². The summed E-state index contributed by atoms with van der Waals surface area (Å²) in [4.78, 5) is 13.1. The van der Waals surface area contributed by atoms with Crippen LogP contribution in [0.25, 0.3) is 0 Å². The van der Waals surface area contributed by atoms with Crippen LogP contribution in [0.15, 0.2) is 42.5 Å². The molecule has 3 unspecified atom stereocenters. The molecule has 0 saturated heterocycles. The van der Waals surface area contributed by atoms with E-state index in [1.807, 2.05) is 6.07 Å². The van der Waals surface area contributed by atoms with Gasteiger partial charge in [0.25, 0.3) is 0 Å². The van der Waals surface area contributed by atoms with Gasteiger partial charge in [0.15, 0.2) is 5.78 Å². The van der Waals surface area contributed by atoms with E-state index in [0.29, 0.717) is 23.6 Å². The Hall–Kier alpha value is -1.85. The molecule has 30 heavy (non-hydrogen) atoms. The van der Waals surface area contributed by atoms with Crippen molar-refractivity contribution >= 4 is 33.1 Å². The fourth-order valence-electron chi connectivity index (χ4n) is 6.18. The zero-order chi connectivity index (χ0) is 20.9. The number of carbonyl (C=O) groups is 1. The standard InChI is InChI=1S/C24H24ClNO3S/c1-26(30(28,29)19-7-8-19)18-5-2-15(3-6-18)21(27)13-23-14-22(23)24(23)11-10-16-12-17(25)4-9-20(16)24/h2-6,9,12,19,22H,7-8,10-11,13-14H2,1H3. The molecule has 6 heteroatoms. The monoisotopic (exact) mass is 441 g/mol. The molecule has 0 bridgehead atoms. The molecule has 0 aromatic heterocycles. The lowest BCUT2D eigenvalue weighted by atomic mass is 9.80. The van der Waals surface area contributed by atoms with Gasteiger partial charge in [0.2, 0.25) is 10.0 Å². The van der Waals surface area contributed by atoms with Gasteiger partial charge in [-0.05, 0) is 91.0 Å². The summed E-state index contributed by atoms with van der Waals surface area (Å²) in [6.07, 6.45) is 5.38. The molecule has 3 atom stereocenters. The van der Waals surface area contributed by atoms with E-state index in [2.05, 4.69) is 12.1 Å². The molecule has 0 radical (unpaired) electrons. The smallest absolute Gasteiger partial charge is 0.237 e. The lowest BCUT2D eigenvalue weighted by Crippen LogP contribution is -2.29. The summed E-state index contributed by atoms with van der Waals surface area (Å²) in [5.74, 6) is 0.793. The first-order valence-electron chi connectivity index (χ1n) is 10.7.